The van der Waals surface area contributed by atoms with Crippen molar-refractivity contribution >= 4 is 12.1 Å². The molecule has 2 saturated heterocycles. The third-order valence-electron chi connectivity index (χ3n) is 5.71. The summed E-state index contributed by atoms with van der Waals surface area (Å²) in [6, 6.07) is 0. The fourth-order valence-electron chi connectivity index (χ4n) is 4.04. The standard InChI is InChI=1S/C19H24N2O5/c1-12-20-8-9-21(12)18(23)24-11-13-4-3-7-19(2)17(26-19)16-14(6-5-13)10-15(22)25-16/h4,8-9,14,16-17H,3,5-7,10-11H2,1-2H3/b13-4+/t14-,16-,17+,19+/m0/s1. The Morgan fingerprint density at radius 3 is 3.12 bits per heavy atom. The van der Waals surface area contributed by atoms with Gasteiger partial charge in [0.15, 0.2) is 0 Å². The summed E-state index contributed by atoms with van der Waals surface area (Å²) >= 11 is 0. The molecular weight excluding hydrogens is 336 g/mol. The maximum absolute atomic E-state index is 12.2. The molecule has 0 amide bonds. The summed E-state index contributed by atoms with van der Waals surface area (Å²) in [5, 5.41) is 0. The summed E-state index contributed by atoms with van der Waals surface area (Å²) in [5.41, 5.74) is 0.869. The number of carbonyl (C=O) groups excluding carboxylic acids is 2. The van der Waals surface area contributed by atoms with Crippen molar-refractivity contribution in [1.82, 2.24) is 9.55 Å². The Morgan fingerprint density at radius 2 is 2.35 bits per heavy atom. The molecule has 0 saturated carbocycles. The molecule has 4 atom stereocenters. The summed E-state index contributed by atoms with van der Waals surface area (Å²) in [7, 11) is 0. The van der Waals surface area contributed by atoms with Crippen LogP contribution in [0.3, 0.4) is 0 Å². The van der Waals surface area contributed by atoms with Gasteiger partial charge in [0, 0.05) is 18.3 Å². The molecule has 1 aromatic heterocycles. The van der Waals surface area contributed by atoms with Gasteiger partial charge in [0.25, 0.3) is 0 Å². The van der Waals surface area contributed by atoms with E-state index < -0.39 is 6.09 Å². The van der Waals surface area contributed by atoms with E-state index in [1.165, 1.54) is 4.57 Å². The lowest BCUT2D eigenvalue weighted by Crippen LogP contribution is -2.28. The average Bonchev–Trinajstić information content (AvgIpc) is 2.92. The molecule has 26 heavy (non-hydrogen) atoms. The van der Waals surface area contributed by atoms with Gasteiger partial charge in [-0.3, -0.25) is 4.79 Å². The lowest BCUT2D eigenvalue weighted by molar-refractivity contribution is -0.142. The number of hydrogen-bond acceptors (Lipinski definition) is 6. The molecule has 1 aromatic rings. The van der Waals surface area contributed by atoms with Crippen LogP contribution in [0, 0.1) is 12.8 Å². The van der Waals surface area contributed by atoms with Gasteiger partial charge in [0.05, 0.1) is 12.0 Å². The van der Waals surface area contributed by atoms with E-state index in [0.717, 1.165) is 31.3 Å². The number of carbonyl (C=O) groups is 2. The van der Waals surface area contributed by atoms with E-state index in [0.29, 0.717) is 12.2 Å². The summed E-state index contributed by atoms with van der Waals surface area (Å²) in [6.45, 7) is 4.09. The average molecular weight is 360 g/mol. The summed E-state index contributed by atoms with van der Waals surface area (Å²) < 4.78 is 18.3. The first kappa shape index (κ1) is 17.3. The van der Waals surface area contributed by atoms with Crippen LogP contribution in [0.4, 0.5) is 4.79 Å². The number of ether oxygens (including phenoxy) is 3. The van der Waals surface area contributed by atoms with E-state index >= 15 is 0 Å². The highest BCUT2D eigenvalue weighted by atomic mass is 16.6. The Hall–Kier alpha value is -2.15. The highest BCUT2D eigenvalue weighted by Gasteiger charge is 2.60. The first-order valence-corrected chi connectivity index (χ1v) is 9.18. The Bertz CT molecular complexity index is 755. The van der Waals surface area contributed by atoms with E-state index in [-0.39, 0.29) is 36.3 Å². The second-order valence-corrected chi connectivity index (χ2v) is 7.61. The van der Waals surface area contributed by atoms with Gasteiger partial charge in [-0.1, -0.05) is 6.08 Å². The van der Waals surface area contributed by atoms with Gasteiger partial charge in [-0.05, 0) is 45.1 Å². The molecule has 7 nitrogen and oxygen atoms in total. The van der Waals surface area contributed by atoms with Crippen LogP contribution < -0.4 is 0 Å². The van der Waals surface area contributed by atoms with Gasteiger partial charge in [-0.15, -0.1) is 0 Å². The monoisotopic (exact) mass is 360 g/mol. The number of aryl methyl sites for hydroxylation is 1. The minimum absolute atomic E-state index is 0.0240. The normalized spacial score (nSPS) is 35.5. The van der Waals surface area contributed by atoms with Crippen LogP contribution in [0.1, 0.15) is 44.9 Å². The van der Waals surface area contributed by atoms with Crippen LogP contribution in [0.5, 0.6) is 0 Å². The molecule has 2 aliphatic heterocycles. The van der Waals surface area contributed by atoms with E-state index in [9.17, 15) is 9.59 Å². The third-order valence-corrected chi connectivity index (χ3v) is 5.71. The first-order valence-electron chi connectivity index (χ1n) is 9.18. The van der Waals surface area contributed by atoms with Crippen LogP contribution in [0.25, 0.3) is 0 Å². The highest BCUT2D eigenvalue weighted by molar-refractivity contribution is 5.72. The molecule has 4 rings (SSSR count). The number of aromatic nitrogens is 2. The number of fused-ring (bicyclic) bond motifs is 3. The van der Waals surface area contributed by atoms with E-state index in [1.54, 1.807) is 19.3 Å². The van der Waals surface area contributed by atoms with E-state index in [4.69, 9.17) is 14.2 Å². The van der Waals surface area contributed by atoms with Crippen LogP contribution in [-0.4, -0.2) is 46.0 Å². The maximum atomic E-state index is 12.2. The molecule has 0 radical (unpaired) electrons. The van der Waals surface area contributed by atoms with Gasteiger partial charge in [0.2, 0.25) is 0 Å². The lowest BCUT2D eigenvalue weighted by Gasteiger charge is -2.19. The van der Waals surface area contributed by atoms with Crippen molar-refractivity contribution in [3.8, 4) is 0 Å². The van der Waals surface area contributed by atoms with E-state index in [1.807, 2.05) is 0 Å². The fraction of sp³-hybridized carbons (Fsp3) is 0.632. The van der Waals surface area contributed by atoms with Crippen molar-refractivity contribution in [2.75, 3.05) is 6.61 Å². The van der Waals surface area contributed by atoms with Crippen molar-refractivity contribution in [2.45, 2.75) is 63.8 Å². The largest absolute Gasteiger partial charge is 0.459 e. The zero-order valence-electron chi connectivity index (χ0n) is 15.1. The minimum Gasteiger partial charge on any atom is -0.459 e. The highest BCUT2D eigenvalue weighted by Crippen LogP contribution is 2.48. The first-order chi connectivity index (χ1) is 12.5. The predicted octanol–water partition coefficient (Wildman–Crippen LogP) is 2.77. The van der Waals surface area contributed by atoms with Crippen molar-refractivity contribution in [3.63, 3.8) is 0 Å². The van der Waals surface area contributed by atoms with Crippen molar-refractivity contribution in [1.29, 1.82) is 0 Å². The Balaban J connectivity index is 1.42. The Morgan fingerprint density at radius 1 is 1.50 bits per heavy atom. The predicted molar refractivity (Wildman–Crippen MR) is 91.5 cm³/mol. The number of epoxide rings is 1. The number of hydrogen-bond donors (Lipinski definition) is 0. The Labute approximate surface area is 152 Å². The molecule has 2 fully saturated rings. The quantitative estimate of drug-likeness (QED) is 0.458. The molecule has 140 valence electrons. The van der Waals surface area contributed by atoms with Gasteiger partial charge in [-0.2, -0.15) is 0 Å². The van der Waals surface area contributed by atoms with E-state index in [2.05, 4.69) is 18.0 Å². The fourth-order valence-corrected chi connectivity index (χ4v) is 4.04. The molecule has 0 spiro atoms. The molecule has 0 aromatic carbocycles. The molecule has 0 N–H and O–H groups in total. The molecule has 0 bridgehead atoms. The molecule has 7 heteroatoms. The van der Waals surface area contributed by atoms with Crippen LogP contribution in [0.15, 0.2) is 24.0 Å². The zero-order chi connectivity index (χ0) is 18.3. The van der Waals surface area contributed by atoms with Gasteiger partial charge >= 0.3 is 12.1 Å². The lowest BCUT2D eigenvalue weighted by atomic mass is 9.85. The molecule has 0 unspecified atom stereocenters. The van der Waals surface area contributed by atoms with Gasteiger partial charge in [0.1, 0.15) is 24.6 Å². The second kappa shape index (κ2) is 6.54. The molecule has 3 aliphatic rings. The van der Waals surface area contributed by atoms with Gasteiger partial charge in [-0.25, -0.2) is 14.3 Å². The Kier molecular flexibility index (Phi) is 4.34. The summed E-state index contributed by atoms with van der Waals surface area (Å²) in [4.78, 5) is 28.0. The maximum Gasteiger partial charge on any atom is 0.419 e. The molecular formula is C19H24N2O5. The van der Waals surface area contributed by atoms with Crippen molar-refractivity contribution in [3.05, 3.63) is 29.9 Å². The van der Waals surface area contributed by atoms with Crippen LogP contribution in [-0.2, 0) is 19.0 Å². The summed E-state index contributed by atoms with van der Waals surface area (Å²) in [6.07, 6.45) is 8.58. The molecule has 3 heterocycles. The number of rotatable bonds is 2. The number of allylic oxidation sites excluding steroid dienone is 1. The third kappa shape index (κ3) is 3.28. The minimum atomic E-state index is -0.423. The van der Waals surface area contributed by atoms with Crippen LogP contribution >= 0.6 is 0 Å². The van der Waals surface area contributed by atoms with Crippen molar-refractivity contribution in [2.24, 2.45) is 5.92 Å². The second-order valence-electron chi connectivity index (χ2n) is 7.61. The number of esters is 1. The zero-order valence-corrected chi connectivity index (χ0v) is 15.1. The van der Waals surface area contributed by atoms with Crippen LogP contribution in [0.2, 0.25) is 0 Å². The summed E-state index contributed by atoms with van der Waals surface area (Å²) in [5.74, 6) is 0.635. The smallest absolute Gasteiger partial charge is 0.419 e. The van der Waals surface area contributed by atoms with Gasteiger partial charge < -0.3 is 14.2 Å². The SMILES string of the molecule is Cc1nccn1C(=O)OC/C1=C/CC[C@@]2(C)O[C@@H]2[C@H]2OC(=O)C[C@@H]2CC1. The van der Waals surface area contributed by atoms with Crippen molar-refractivity contribution < 1.29 is 23.8 Å². The number of imidazole rings is 1. The topological polar surface area (TPSA) is 83.0 Å². The number of nitrogens with zero attached hydrogens (tertiary/aromatic N) is 2. The molecule has 1 aliphatic carbocycles.